The molecule has 1 aliphatic rings. The van der Waals surface area contributed by atoms with E-state index in [0.717, 1.165) is 0 Å². The zero-order valence-electron chi connectivity index (χ0n) is 14.0. The lowest BCUT2D eigenvalue weighted by atomic mass is 9.94. The molecule has 0 saturated heterocycles. The van der Waals surface area contributed by atoms with Gasteiger partial charge < -0.3 is 19.2 Å². The summed E-state index contributed by atoms with van der Waals surface area (Å²) in [7, 11) is 1.59. The van der Waals surface area contributed by atoms with Gasteiger partial charge in [0.2, 0.25) is 0 Å². The molecule has 1 aliphatic heterocycles. The third kappa shape index (κ3) is 3.32. The van der Waals surface area contributed by atoms with E-state index in [4.69, 9.17) is 9.15 Å². The van der Waals surface area contributed by atoms with E-state index in [1.807, 2.05) is 0 Å². The Morgan fingerprint density at radius 2 is 2.13 bits per heavy atom. The molecule has 0 fully saturated rings. The van der Waals surface area contributed by atoms with Crippen LogP contribution in [0.5, 0.6) is 0 Å². The van der Waals surface area contributed by atoms with Gasteiger partial charge in [0.1, 0.15) is 17.6 Å². The van der Waals surface area contributed by atoms with Gasteiger partial charge in [-0.1, -0.05) is 13.8 Å². The lowest BCUT2D eigenvalue weighted by Crippen LogP contribution is -2.32. The van der Waals surface area contributed by atoms with Gasteiger partial charge in [-0.25, -0.2) is 0 Å². The van der Waals surface area contributed by atoms with E-state index in [9.17, 15) is 14.7 Å². The number of hydrogen-bond donors (Lipinski definition) is 1. The molecule has 2 heterocycles. The molecule has 1 unspecified atom stereocenters. The Morgan fingerprint density at radius 3 is 2.65 bits per heavy atom. The van der Waals surface area contributed by atoms with E-state index in [1.165, 1.54) is 4.90 Å². The number of methoxy groups -OCH3 is 1. The first-order valence-electron chi connectivity index (χ1n) is 7.72. The van der Waals surface area contributed by atoms with Crippen molar-refractivity contribution >= 4 is 11.7 Å². The molecule has 23 heavy (non-hydrogen) atoms. The Labute approximate surface area is 135 Å². The van der Waals surface area contributed by atoms with Gasteiger partial charge in [0.05, 0.1) is 5.57 Å². The number of aryl methyl sites for hydroxylation is 1. The lowest BCUT2D eigenvalue weighted by Gasteiger charge is -2.25. The van der Waals surface area contributed by atoms with Crippen molar-refractivity contribution in [3.05, 3.63) is 35.0 Å². The van der Waals surface area contributed by atoms with Gasteiger partial charge in [-0.2, -0.15) is 0 Å². The van der Waals surface area contributed by atoms with Crippen molar-refractivity contribution in [3.8, 4) is 0 Å². The molecule has 0 spiro atoms. The smallest absolute Gasteiger partial charge is 0.290 e. The highest BCUT2D eigenvalue weighted by molar-refractivity contribution is 6.09. The maximum atomic E-state index is 12.5. The maximum absolute atomic E-state index is 12.5. The zero-order chi connectivity index (χ0) is 17.1. The average molecular weight is 321 g/mol. The van der Waals surface area contributed by atoms with Crippen LogP contribution in [0.15, 0.2) is 27.9 Å². The van der Waals surface area contributed by atoms with E-state index in [1.54, 1.807) is 40.0 Å². The van der Waals surface area contributed by atoms with E-state index in [-0.39, 0.29) is 17.3 Å². The van der Waals surface area contributed by atoms with Gasteiger partial charge in [0, 0.05) is 26.2 Å². The molecule has 6 nitrogen and oxygen atoms in total. The predicted octanol–water partition coefficient (Wildman–Crippen LogP) is 2.55. The molecule has 1 aromatic heterocycles. The summed E-state index contributed by atoms with van der Waals surface area (Å²) in [5.41, 5.74) is 0.122. The molecule has 6 heteroatoms. The van der Waals surface area contributed by atoms with Crippen LogP contribution in [0.1, 0.15) is 37.8 Å². The van der Waals surface area contributed by atoms with E-state index < -0.39 is 17.7 Å². The third-order valence-corrected chi connectivity index (χ3v) is 3.87. The Kier molecular flexibility index (Phi) is 5.26. The van der Waals surface area contributed by atoms with Gasteiger partial charge in [-0.15, -0.1) is 0 Å². The maximum Gasteiger partial charge on any atom is 0.290 e. The predicted molar refractivity (Wildman–Crippen MR) is 83.9 cm³/mol. The number of rotatable bonds is 7. The number of ether oxygens (including phenoxy) is 1. The van der Waals surface area contributed by atoms with Crippen molar-refractivity contribution in [2.45, 2.75) is 33.2 Å². The fourth-order valence-corrected chi connectivity index (χ4v) is 2.72. The fourth-order valence-electron chi connectivity index (χ4n) is 2.72. The largest absolute Gasteiger partial charge is 0.503 e. The number of aliphatic hydroxyl groups excluding tert-OH is 1. The summed E-state index contributed by atoms with van der Waals surface area (Å²) in [5.74, 6) is -0.403. The van der Waals surface area contributed by atoms with Gasteiger partial charge >= 0.3 is 0 Å². The standard InChI is InChI=1S/C17H23NO5/c1-10(2)15(19)13-14(12-7-6-11(3)23-12)18(8-5-9-22-4)17(21)16(13)20/h6-7,10,14,20H,5,8-9H2,1-4H3. The molecule has 1 amide bonds. The molecule has 0 saturated carbocycles. The van der Waals surface area contributed by atoms with Crippen LogP contribution in [0.4, 0.5) is 0 Å². The molecule has 0 radical (unpaired) electrons. The number of ketones is 1. The quantitative estimate of drug-likeness (QED) is 0.781. The second-order valence-electron chi connectivity index (χ2n) is 5.98. The van der Waals surface area contributed by atoms with Crippen molar-refractivity contribution in [1.29, 1.82) is 0 Å². The zero-order valence-corrected chi connectivity index (χ0v) is 14.0. The van der Waals surface area contributed by atoms with Crippen LogP contribution in [-0.4, -0.2) is 42.0 Å². The fraction of sp³-hybridized carbons (Fsp3) is 0.529. The summed E-state index contributed by atoms with van der Waals surface area (Å²) in [6.45, 7) is 6.14. The number of nitrogens with zero attached hydrogens (tertiary/aromatic N) is 1. The first-order chi connectivity index (χ1) is 10.9. The molecular weight excluding hydrogens is 298 g/mol. The number of hydrogen-bond acceptors (Lipinski definition) is 5. The highest BCUT2D eigenvalue weighted by atomic mass is 16.5. The first kappa shape index (κ1) is 17.3. The van der Waals surface area contributed by atoms with Crippen molar-refractivity contribution < 1.29 is 23.8 Å². The summed E-state index contributed by atoms with van der Waals surface area (Å²) in [4.78, 5) is 26.4. The van der Waals surface area contributed by atoms with Crippen LogP contribution < -0.4 is 0 Å². The first-order valence-corrected chi connectivity index (χ1v) is 7.72. The number of aliphatic hydroxyl groups is 1. The van der Waals surface area contributed by atoms with E-state index in [2.05, 4.69) is 0 Å². The Balaban J connectivity index is 2.41. The van der Waals surface area contributed by atoms with Gasteiger partial charge in [0.15, 0.2) is 11.5 Å². The molecule has 0 aromatic carbocycles. The molecular formula is C17H23NO5. The average Bonchev–Trinajstić information content (AvgIpc) is 3.03. The van der Waals surface area contributed by atoms with Crippen LogP contribution in [0.2, 0.25) is 0 Å². The second kappa shape index (κ2) is 7.00. The number of furan rings is 1. The van der Waals surface area contributed by atoms with Crippen molar-refractivity contribution in [2.75, 3.05) is 20.3 Å². The summed E-state index contributed by atoms with van der Waals surface area (Å²) >= 11 is 0. The minimum Gasteiger partial charge on any atom is -0.503 e. The van der Waals surface area contributed by atoms with Gasteiger partial charge in [-0.3, -0.25) is 9.59 Å². The highest BCUT2D eigenvalue weighted by Gasteiger charge is 2.45. The van der Waals surface area contributed by atoms with Gasteiger partial charge in [0.25, 0.3) is 5.91 Å². The van der Waals surface area contributed by atoms with Crippen LogP contribution in [0.3, 0.4) is 0 Å². The highest BCUT2D eigenvalue weighted by Crippen LogP contribution is 2.39. The lowest BCUT2D eigenvalue weighted by molar-refractivity contribution is -0.129. The molecule has 0 bridgehead atoms. The topological polar surface area (TPSA) is 80.0 Å². The van der Waals surface area contributed by atoms with Crippen LogP contribution in [-0.2, 0) is 14.3 Å². The van der Waals surface area contributed by atoms with Crippen molar-refractivity contribution in [1.82, 2.24) is 4.90 Å². The minimum absolute atomic E-state index is 0.122. The summed E-state index contributed by atoms with van der Waals surface area (Å²) in [5, 5.41) is 10.2. The van der Waals surface area contributed by atoms with Crippen molar-refractivity contribution in [3.63, 3.8) is 0 Å². The Morgan fingerprint density at radius 1 is 1.43 bits per heavy atom. The number of Topliss-reactive ketones (excluding diaryl/α,β-unsaturated/α-hetero) is 1. The summed E-state index contributed by atoms with van der Waals surface area (Å²) in [6.07, 6.45) is 0.606. The van der Waals surface area contributed by atoms with E-state index in [0.29, 0.717) is 31.1 Å². The van der Waals surface area contributed by atoms with E-state index >= 15 is 0 Å². The molecule has 126 valence electrons. The number of carbonyl (C=O) groups is 2. The third-order valence-electron chi connectivity index (χ3n) is 3.87. The van der Waals surface area contributed by atoms with Crippen LogP contribution in [0, 0.1) is 12.8 Å². The molecule has 0 aliphatic carbocycles. The normalized spacial score (nSPS) is 18.4. The van der Waals surface area contributed by atoms with Crippen LogP contribution >= 0.6 is 0 Å². The Hall–Kier alpha value is -2.08. The van der Waals surface area contributed by atoms with Crippen LogP contribution in [0.25, 0.3) is 0 Å². The summed E-state index contributed by atoms with van der Waals surface area (Å²) < 4.78 is 10.7. The molecule has 2 rings (SSSR count). The SMILES string of the molecule is COCCCN1C(=O)C(O)=C(C(=O)C(C)C)C1c1ccc(C)o1. The molecule has 1 aromatic rings. The number of carbonyl (C=O) groups excluding carboxylic acids is 2. The number of amides is 1. The minimum atomic E-state index is -0.678. The molecule has 1 N–H and O–H groups in total. The van der Waals surface area contributed by atoms with Crippen molar-refractivity contribution in [2.24, 2.45) is 5.92 Å². The summed E-state index contributed by atoms with van der Waals surface area (Å²) in [6, 6.07) is 2.84. The monoisotopic (exact) mass is 321 g/mol. The molecule has 1 atom stereocenters. The Bertz CT molecular complexity index is 629. The second-order valence-corrected chi connectivity index (χ2v) is 5.98. The van der Waals surface area contributed by atoms with Gasteiger partial charge in [-0.05, 0) is 25.5 Å².